The van der Waals surface area contributed by atoms with Crippen molar-refractivity contribution in [2.75, 3.05) is 0 Å². The molecule has 0 atom stereocenters. The highest BCUT2D eigenvalue weighted by Gasteiger charge is 2.57. The Labute approximate surface area is 168 Å². The van der Waals surface area contributed by atoms with Gasteiger partial charge in [0.05, 0.1) is 22.6 Å². The number of hydrogen-bond acceptors (Lipinski definition) is 0. The van der Waals surface area contributed by atoms with Crippen LogP contribution in [0.15, 0.2) is 30.3 Å². The second-order valence-electron chi connectivity index (χ2n) is 9.31. The monoisotopic (exact) mass is 381 g/mol. The Morgan fingerprint density at radius 1 is 0.556 bits per heavy atom. The van der Waals surface area contributed by atoms with Crippen LogP contribution < -0.4 is 0 Å². The fourth-order valence-electron chi connectivity index (χ4n) is 6.38. The van der Waals surface area contributed by atoms with Crippen molar-refractivity contribution in [3.05, 3.63) is 35.9 Å². The van der Waals surface area contributed by atoms with Gasteiger partial charge in [-0.1, -0.05) is 37.5 Å². The minimum atomic E-state index is -1.25. The van der Waals surface area contributed by atoms with Crippen LogP contribution in [0.4, 0.5) is 0 Å². The lowest BCUT2D eigenvalue weighted by molar-refractivity contribution is 0.455. The summed E-state index contributed by atoms with van der Waals surface area (Å²) in [6.07, 6.45) is 22.2. The Morgan fingerprint density at radius 3 is 1.37 bits per heavy atom. The molecule has 3 aliphatic rings. The van der Waals surface area contributed by atoms with E-state index in [1.165, 1.54) is 102 Å². The van der Waals surface area contributed by atoms with Gasteiger partial charge in [-0.3, -0.25) is 0 Å². The molecule has 3 saturated carbocycles. The first kappa shape index (κ1) is 19.5. The van der Waals surface area contributed by atoms with Crippen molar-refractivity contribution < 1.29 is 0 Å². The highest BCUT2D eigenvalue weighted by Crippen LogP contribution is 2.76. The second kappa shape index (κ2) is 9.61. The Kier molecular flexibility index (Phi) is 6.95. The SMILES string of the molecule is C(#C[P+](C1CCCCC1)(C1CCCCC1)C1CCCCC1)c1ccccc1. The van der Waals surface area contributed by atoms with Crippen molar-refractivity contribution >= 4 is 7.26 Å². The molecule has 146 valence electrons. The molecule has 27 heavy (non-hydrogen) atoms. The fourth-order valence-corrected chi connectivity index (χ4v) is 12.7. The molecule has 0 spiro atoms. The predicted octanol–water partition coefficient (Wildman–Crippen LogP) is 8.01. The van der Waals surface area contributed by atoms with Gasteiger partial charge in [0.1, 0.15) is 7.26 Å². The zero-order valence-corrected chi connectivity index (χ0v) is 18.1. The summed E-state index contributed by atoms with van der Waals surface area (Å²) in [7, 11) is -1.25. The van der Waals surface area contributed by atoms with Gasteiger partial charge in [0, 0.05) is 5.56 Å². The molecule has 0 heterocycles. The van der Waals surface area contributed by atoms with E-state index in [0.717, 1.165) is 17.0 Å². The van der Waals surface area contributed by atoms with E-state index in [4.69, 9.17) is 0 Å². The molecule has 1 aromatic carbocycles. The van der Waals surface area contributed by atoms with Crippen LogP contribution in [0.3, 0.4) is 0 Å². The van der Waals surface area contributed by atoms with Gasteiger partial charge in [0.15, 0.2) is 0 Å². The van der Waals surface area contributed by atoms with E-state index in [9.17, 15) is 0 Å². The van der Waals surface area contributed by atoms with Crippen LogP contribution in [0.25, 0.3) is 0 Å². The lowest BCUT2D eigenvalue weighted by atomic mass is 9.99. The highest BCUT2D eigenvalue weighted by molar-refractivity contribution is 7.82. The molecule has 0 unspecified atom stereocenters. The maximum atomic E-state index is 4.22. The first-order valence-electron chi connectivity index (χ1n) is 11.9. The number of rotatable bonds is 3. The molecular weight excluding hydrogens is 343 g/mol. The van der Waals surface area contributed by atoms with Crippen LogP contribution in [0.5, 0.6) is 0 Å². The quantitative estimate of drug-likeness (QED) is 0.367. The molecule has 4 rings (SSSR count). The van der Waals surface area contributed by atoms with E-state index < -0.39 is 7.26 Å². The number of hydrogen-bond donors (Lipinski definition) is 0. The van der Waals surface area contributed by atoms with Gasteiger partial charge in [-0.2, -0.15) is 0 Å². The van der Waals surface area contributed by atoms with Gasteiger partial charge < -0.3 is 0 Å². The van der Waals surface area contributed by atoms with Crippen LogP contribution in [-0.4, -0.2) is 17.0 Å². The summed E-state index contributed by atoms with van der Waals surface area (Å²) < 4.78 is 0. The molecule has 0 saturated heterocycles. The molecule has 0 aliphatic heterocycles. The topological polar surface area (TPSA) is 0 Å². The van der Waals surface area contributed by atoms with Crippen LogP contribution in [0, 0.1) is 11.6 Å². The van der Waals surface area contributed by atoms with Gasteiger partial charge in [-0.15, -0.1) is 0 Å². The van der Waals surface area contributed by atoms with E-state index in [0.29, 0.717) is 0 Å². The third-order valence-electron chi connectivity index (χ3n) is 7.70. The first-order valence-corrected chi connectivity index (χ1v) is 13.9. The Morgan fingerprint density at radius 2 is 0.963 bits per heavy atom. The average molecular weight is 382 g/mol. The minimum absolute atomic E-state index is 0.966. The molecule has 0 N–H and O–H groups in total. The molecule has 1 aromatic rings. The van der Waals surface area contributed by atoms with Gasteiger partial charge in [-0.25, -0.2) is 0 Å². The smallest absolute Gasteiger partial charge is 0.0622 e. The molecule has 0 bridgehead atoms. The summed E-state index contributed by atoms with van der Waals surface area (Å²) in [6, 6.07) is 10.9. The van der Waals surface area contributed by atoms with Gasteiger partial charge in [-0.05, 0) is 95.1 Å². The standard InChI is InChI=1S/C26H38P/c1-5-13-23(14-6-1)21-22-27(24-15-7-2-8-16-24,25-17-9-3-10-18-25)26-19-11-4-12-20-26/h1,5-6,13-14,24-26H,2-4,7-12,15-20H2/q+1. The third-order valence-corrected chi connectivity index (χ3v) is 13.4. The fraction of sp³-hybridized carbons (Fsp3) is 0.692. The van der Waals surface area contributed by atoms with E-state index in [-0.39, 0.29) is 0 Å². The summed E-state index contributed by atoms with van der Waals surface area (Å²) in [6.45, 7) is 0. The summed E-state index contributed by atoms with van der Waals surface area (Å²) in [5, 5.41) is 0. The van der Waals surface area contributed by atoms with Crippen molar-refractivity contribution in [3.63, 3.8) is 0 Å². The van der Waals surface area contributed by atoms with E-state index in [1.807, 2.05) is 0 Å². The van der Waals surface area contributed by atoms with E-state index in [2.05, 4.69) is 41.9 Å². The maximum absolute atomic E-state index is 4.22. The van der Waals surface area contributed by atoms with Gasteiger partial charge in [0.2, 0.25) is 0 Å². The summed E-state index contributed by atoms with van der Waals surface area (Å²) >= 11 is 0. The Bertz CT molecular complexity index is 574. The molecule has 0 nitrogen and oxygen atoms in total. The summed E-state index contributed by atoms with van der Waals surface area (Å²) in [4.78, 5) is 0. The summed E-state index contributed by atoms with van der Waals surface area (Å²) in [5.74, 6) is 3.78. The Hall–Kier alpha value is -0.790. The lowest BCUT2D eigenvalue weighted by Gasteiger charge is -2.45. The highest BCUT2D eigenvalue weighted by atomic mass is 31.2. The van der Waals surface area contributed by atoms with Crippen molar-refractivity contribution in [1.29, 1.82) is 0 Å². The van der Waals surface area contributed by atoms with Crippen molar-refractivity contribution in [1.82, 2.24) is 0 Å². The summed E-state index contributed by atoms with van der Waals surface area (Å²) in [5.41, 5.74) is 8.37. The van der Waals surface area contributed by atoms with Crippen LogP contribution in [0.2, 0.25) is 0 Å². The minimum Gasteiger partial charge on any atom is -0.0622 e. The van der Waals surface area contributed by atoms with Crippen LogP contribution in [-0.2, 0) is 0 Å². The molecule has 0 radical (unpaired) electrons. The molecule has 3 fully saturated rings. The maximum Gasteiger partial charge on any atom is 0.101 e. The van der Waals surface area contributed by atoms with E-state index >= 15 is 0 Å². The Balaban J connectivity index is 1.75. The predicted molar refractivity (Wildman–Crippen MR) is 121 cm³/mol. The normalized spacial score (nSPS) is 23.6. The molecule has 0 amide bonds. The second-order valence-corrected chi connectivity index (χ2v) is 13.4. The van der Waals surface area contributed by atoms with Crippen LogP contribution >= 0.6 is 7.26 Å². The van der Waals surface area contributed by atoms with Crippen LogP contribution in [0.1, 0.15) is 102 Å². The van der Waals surface area contributed by atoms with Crippen molar-refractivity contribution in [3.8, 4) is 11.6 Å². The van der Waals surface area contributed by atoms with Crippen molar-refractivity contribution in [2.45, 2.75) is 113 Å². The van der Waals surface area contributed by atoms with E-state index in [1.54, 1.807) is 0 Å². The third kappa shape index (κ3) is 4.46. The largest absolute Gasteiger partial charge is 0.101 e. The number of benzene rings is 1. The van der Waals surface area contributed by atoms with Crippen molar-refractivity contribution in [2.24, 2.45) is 0 Å². The molecule has 1 heteroatoms. The average Bonchev–Trinajstić information content (AvgIpc) is 2.77. The van der Waals surface area contributed by atoms with Gasteiger partial charge >= 0.3 is 0 Å². The van der Waals surface area contributed by atoms with Gasteiger partial charge in [0.25, 0.3) is 0 Å². The first-order chi connectivity index (χ1) is 13.4. The molecular formula is C26H38P+. The lowest BCUT2D eigenvalue weighted by Crippen LogP contribution is -2.35. The zero-order chi connectivity index (χ0) is 18.4. The zero-order valence-electron chi connectivity index (χ0n) is 17.2. The molecule has 3 aliphatic carbocycles. The molecule has 0 aromatic heterocycles.